The van der Waals surface area contributed by atoms with Crippen LogP contribution in [0, 0.1) is 0 Å². The van der Waals surface area contributed by atoms with Gasteiger partial charge in [-0.1, -0.05) is 34.8 Å². The van der Waals surface area contributed by atoms with E-state index in [1.54, 1.807) is 0 Å². The fraction of sp³-hybridized carbons (Fsp3) is 1.00. The molecule has 2 heterocycles. The van der Waals surface area contributed by atoms with Gasteiger partial charge in [0.25, 0.3) is 0 Å². The Labute approximate surface area is 101 Å². The predicted octanol–water partition coefficient (Wildman–Crippen LogP) is 0.176. The van der Waals surface area contributed by atoms with Crippen LogP contribution in [0.15, 0.2) is 0 Å². The lowest BCUT2D eigenvalue weighted by atomic mass is 10.1. The third kappa shape index (κ3) is 2.21. The standard InChI is InChI=1S/C7H9Cl3O5/c8-7(9,10)6-14-4-3(12)2(1-11)13-5(4)15-6/h2-6,11-12H,1H2/t2-,3-,4+,5+,6-/m0/s1. The molecule has 0 amide bonds. The number of halogens is 3. The van der Waals surface area contributed by atoms with Gasteiger partial charge in [0.05, 0.1) is 6.61 Å². The van der Waals surface area contributed by atoms with Crippen molar-refractivity contribution in [2.75, 3.05) is 6.61 Å². The van der Waals surface area contributed by atoms with Gasteiger partial charge in [0.15, 0.2) is 6.29 Å². The number of aliphatic hydroxyl groups is 2. The van der Waals surface area contributed by atoms with Gasteiger partial charge in [-0.15, -0.1) is 0 Å². The van der Waals surface area contributed by atoms with Gasteiger partial charge < -0.3 is 24.4 Å². The van der Waals surface area contributed by atoms with Crippen molar-refractivity contribution in [2.45, 2.75) is 34.7 Å². The molecule has 8 heteroatoms. The van der Waals surface area contributed by atoms with E-state index in [1.165, 1.54) is 0 Å². The first-order valence-electron chi connectivity index (χ1n) is 4.25. The monoisotopic (exact) mass is 278 g/mol. The largest absolute Gasteiger partial charge is 0.394 e. The molecule has 0 spiro atoms. The molecule has 2 aliphatic heterocycles. The molecule has 2 rings (SSSR count). The Morgan fingerprint density at radius 2 is 1.80 bits per heavy atom. The molecular formula is C7H9Cl3O5. The van der Waals surface area contributed by atoms with Crippen molar-refractivity contribution in [1.82, 2.24) is 0 Å². The molecule has 0 aromatic rings. The van der Waals surface area contributed by atoms with E-state index in [0.717, 1.165) is 0 Å². The first kappa shape index (κ1) is 12.1. The Bertz CT molecular complexity index is 245. The number of fused-ring (bicyclic) bond motifs is 1. The molecule has 88 valence electrons. The van der Waals surface area contributed by atoms with Gasteiger partial charge >= 0.3 is 0 Å². The van der Waals surface area contributed by atoms with Crippen molar-refractivity contribution in [3.8, 4) is 0 Å². The molecular weight excluding hydrogens is 270 g/mol. The van der Waals surface area contributed by atoms with E-state index in [0.29, 0.717) is 0 Å². The van der Waals surface area contributed by atoms with Crippen LogP contribution in [0.5, 0.6) is 0 Å². The fourth-order valence-corrected chi connectivity index (χ4v) is 1.87. The summed E-state index contributed by atoms with van der Waals surface area (Å²) in [5.41, 5.74) is 0. The maximum Gasteiger partial charge on any atom is 0.241 e. The van der Waals surface area contributed by atoms with Crippen LogP contribution in [0.2, 0.25) is 0 Å². The Hall–Kier alpha value is 0.670. The predicted molar refractivity (Wildman–Crippen MR) is 51.8 cm³/mol. The Kier molecular flexibility index (Phi) is 3.37. The average molecular weight is 280 g/mol. The lowest BCUT2D eigenvalue weighted by Crippen LogP contribution is -2.36. The summed E-state index contributed by atoms with van der Waals surface area (Å²) in [5, 5.41) is 18.5. The van der Waals surface area contributed by atoms with Gasteiger partial charge in [0.2, 0.25) is 10.1 Å². The molecule has 2 saturated heterocycles. The second-order valence-electron chi connectivity index (χ2n) is 3.33. The molecule has 2 N–H and O–H groups in total. The van der Waals surface area contributed by atoms with Crippen LogP contribution in [-0.2, 0) is 14.2 Å². The molecule has 0 saturated carbocycles. The van der Waals surface area contributed by atoms with Crippen molar-refractivity contribution in [3.05, 3.63) is 0 Å². The number of ether oxygens (including phenoxy) is 3. The van der Waals surface area contributed by atoms with Crippen LogP contribution < -0.4 is 0 Å². The van der Waals surface area contributed by atoms with Gasteiger partial charge in [0, 0.05) is 0 Å². The van der Waals surface area contributed by atoms with Crippen LogP contribution in [0.1, 0.15) is 0 Å². The molecule has 5 nitrogen and oxygen atoms in total. The summed E-state index contributed by atoms with van der Waals surface area (Å²) in [7, 11) is 0. The molecule has 2 aliphatic rings. The van der Waals surface area contributed by atoms with Gasteiger partial charge in [-0.25, -0.2) is 0 Å². The van der Waals surface area contributed by atoms with Crippen molar-refractivity contribution >= 4 is 34.8 Å². The maximum absolute atomic E-state index is 9.62. The Morgan fingerprint density at radius 1 is 1.13 bits per heavy atom. The number of hydrogen-bond acceptors (Lipinski definition) is 5. The minimum absolute atomic E-state index is 0.320. The van der Waals surface area contributed by atoms with Crippen LogP contribution in [0.4, 0.5) is 0 Å². The molecule has 0 radical (unpaired) electrons. The topological polar surface area (TPSA) is 68.2 Å². The first-order chi connectivity index (χ1) is 6.93. The highest BCUT2D eigenvalue weighted by molar-refractivity contribution is 6.67. The number of rotatable bonds is 1. The summed E-state index contributed by atoms with van der Waals surface area (Å²) < 4.78 is 13.7. The molecule has 0 unspecified atom stereocenters. The molecule has 2 fully saturated rings. The Balaban J connectivity index is 2.02. The van der Waals surface area contributed by atoms with Crippen LogP contribution in [0.3, 0.4) is 0 Å². The molecule has 15 heavy (non-hydrogen) atoms. The highest BCUT2D eigenvalue weighted by Gasteiger charge is 2.55. The van der Waals surface area contributed by atoms with Crippen molar-refractivity contribution < 1.29 is 24.4 Å². The third-order valence-corrected chi connectivity index (χ3v) is 2.81. The lowest BCUT2D eigenvalue weighted by Gasteiger charge is -2.21. The van der Waals surface area contributed by atoms with E-state index in [9.17, 15) is 5.11 Å². The summed E-state index contributed by atoms with van der Waals surface area (Å²) in [4.78, 5) is 0. The van der Waals surface area contributed by atoms with Crippen molar-refractivity contribution in [2.24, 2.45) is 0 Å². The quantitative estimate of drug-likeness (QED) is 0.670. The summed E-state index contributed by atoms with van der Waals surface area (Å²) in [6.07, 6.45) is -4.33. The molecule has 0 aromatic heterocycles. The van der Waals surface area contributed by atoms with E-state index in [2.05, 4.69) is 0 Å². The summed E-state index contributed by atoms with van der Waals surface area (Å²) in [5.74, 6) is 0. The fourth-order valence-electron chi connectivity index (χ4n) is 1.56. The normalized spacial score (nSPS) is 45.8. The van der Waals surface area contributed by atoms with E-state index in [-0.39, 0.29) is 6.61 Å². The number of hydrogen-bond donors (Lipinski definition) is 2. The van der Waals surface area contributed by atoms with Crippen LogP contribution in [-0.4, -0.2) is 51.5 Å². The van der Waals surface area contributed by atoms with Crippen molar-refractivity contribution in [3.63, 3.8) is 0 Å². The van der Waals surface area contributed by atoms with Crippen molar-refractivity contribution in [1.29, 1.82) is 0 Å². The zero-order valence-corrected chi connectivity index (χ0v) is 9.61. The molecule has 0 aliphatic carbocycles. The van der Waals surface area contributed by atoms with Crippen LogP contribution >= 0.6 is 34.8 Å². The molecule has 0 bridgehead atoms. The average Bonchev–Trinajstić information content (AvgIpc) is 2.65. The molecule has 0 aromatic carbocycles. The minimum atomic E-state index is -1.73. The Morgan fingerprint density at radius 3 is 2.27 bits per heavy atom. The number of alkyl halides is 3. The second kappa shape index (κ2) is 4.16. The summed E-state index contributed by atoms with van der Waals surface area (Å²) >= 11 is 16.7. The van der Waals surface area contributed by atoms with Gasteiger partial charge in [0.1, 0.15) is 18.3 Å². The van der Waals surface area contributed by atoms with E-state index in [1.807, 2.05) is 0 Å². The first-order valence-corrected chi connectivity index (χ1v) is 5.39. The van der Waals surface area contributed by atoms with Crippen LogP contribution in [0.25, 0.3) is 0 Å². The SMILES string of the molecule is OC[C@@H]1O[C@@H]2O[C@@H](C(Cl)(Cl)Cl)O[C@@H]2[C@H]1O. The summed E-state index contributed by atoms with van der Waals surface area (Å²) in [6.45, 7) is -0.320. The molecule has 5 atom stereocenters. The number of aliphatic hydroxyl groups excluding tert-OH is 2. The van der Waals surface area contributed by atoms with E-state index < -0.39 is 34.7 Å². The smallest absolute Gasteiger partial charge is 0.241 e. The highest BCUT2D eigenvalue weighted by atomic mass is 35.6. The van der Waals surface area contributed by atoms with Gasteiger partial charge in [-0.2, -0.15) is 0 Å². The lowest BCUT2D eigenvalue weighted by molar-refractivity contribution is -0.172. The van der Waals surface area contributed by atoms with E-state index in [4.69, 9.17) is 54.1 Å². The third-order valence-electron chi connectivity index (χ3n) is 2.28. The van der Waals surface area contributed by atoms with Gasteiger partial charge in [-0.05, 0) is 0 Å². The van der Waals surface area contributed by atoms with E-state index >= 15 is 0 Å². The second-order valence-corrected chi connectivity index (χ2v) is 5.70. The zero-order chi connectivity index (χ0) is 11.2. The highest BCUT2D eigenvalue weighted by Crippen LogP contribution is 2.42. The van der Waals surface area contributed by atoms with Gasteiger partial charge in [-0.3, -0.25) is 0 Å². The summed E-state index contributed by atoms with van der Waals surface area (Å²) in [6, 6.07) is 0. The maximum atomic E-state index is 9.62. The zero-order valence-electron chi connectivity index (χ0n) is 7.35. The minimum Gasteiger partial charge on any atom is -0.394 e.